The maximum absolute atomic E-state index is 14.0. The predicted octanol–water partition coefficient (Wildman–Crippen LogP) is 3.47. The molecule has 2 N–H and O–H groups in total. The number of halogens is 1. The van der Waals surface area contributed by atoms with E-state index in [0.29, 0.717) is 0 Å². The van der Waals surface area contributed by atoms with Crippen LogP contribution in [-0.4, -0.2) is 29.6 Å². The van der Waals surface area contributed by atoms with Crippen LogP contribution in [0.3, 0.4) is 0 Å². The van der Waals surface area contributed by atoms with Gasteiger partial charge in [0.15, 0.2) is 0 Å². The van der Waals surface area contributed by atoms with Gasteiger partial charge in [-0.3, -0.25) is 0 Å². The lowest BCUT2D eigenvalue weighted by Gasteiger charge is -2.35. The van der Waals surface area contributed by atoms with Gasteiger partial charge in [0.2, 0.25) is 0 Å². The fourth-order valence-electron chi connectivity index (χ4n) is 4.37. The third-order valence-corrected chi connectivity index (χ3v) is 5.57. The molecule has 5 rings (SSSR count). The summed E-state index contributed by atoms with van der Waals surface area (Å²) in [6.45, 7) is 2.87. The first-order chi connectivity index (χ1) is 11.8. The van der Waals surface area contributed by atoms with Crippen molar-refractivity contribution >= 4 is 22.4 Å². The Balaban J connectivity index is 1.70. The van der Waals surface area contributed by atoms with Gasteiger partial charge < -0.3 is 15.2 Å². The minimum Gasteiger partial charge on any atom is -0.346 e. The first-order valence-corrected chi connectivity index (χ1v) is 8.47. The van der Waals surface area contributed by atoms with Crippen LogP contribution in [0.4, 0.5) is 15.8 Å². The van der Waals surface area contributed by atoms with E-state index in [2.05, 4.69) is 32.3 Å². The quantitative estimate of drug-likeness (QED) is 0.721. The zero-order chi connectivity index (χ0) is 16.1. The molecule has 0 aliphatic carbocycles. The topological polar surface area (TPSA) is 44.0 Å². The lowest BCUT2D eigenvalue weighted by molar-refractivity contribution is 0.328. The normalized spacial score (nSPS) is 19.1. The van der Waals surface area contributed by atoms with Crippen molar-refractivity contribution in [3.63, 3.8) is 0 Å². The number of H-pyrrole nitrogens is 1. The SMILES string of the molecule is Fc1ccc2c(c1)C1(CCNCC1)CN2c1ccnc2[nH]ccc12. The number of rotatable bonds is 1. The van der Waals surface area contributed by atoms with Gasteiger partial charge in [-0.1, -0.05) is 0 Å². The molecule has 0 atom stereocenters. The molecular weight excluding hydrogens is 303 g/mol. The number of nitrogens with one attached hydrogen (secondary N) is 2. The lowest BCUT2D eigenvalue weighted by atomic mass is 9.75. The van der Waals surface area contributed by atoms with Crippen molar-refractivity contribution in [2.45, 2.75) is 18.3 Å². The maximum Gasteiger partial charge on any atom is 0.139 e. The van der Waals surface area contributed by atoms with Crippen molar-refractivity contribution in [1.82, 2.24) is 15.3 Å². The molecule has 3 aromatic rings. The van der Waals surface area contributed by atoms with Gasteiger partial charge in [0.05, 0.1) is 5.69 Å². The van der Waals surface area contributed by atoms with Gasteiger partial charge in [-0.15, -0.1) is 0 Å². The average molecular weight is 322 g/mol. The number of pyridine rings is 1. The Morgan fingerprint density at radius 1 is 1.08 bits per heavy atom. The van der Waals surface area contributed by atoms with Crippen LogP contribution in [0.5, 0.6) is 0 Å². The average Bonchev–Trinajstić information content (AvgIpc) is 3.19. The molecule has 1 saturated heterocycles. The van der Waals surface area contributed by atoms with Crippen molar-refractivity contribution < 1.29 is 4.39 Å². The van der Waals surface area contributed by atoms with E-state index < -0.39 is 0 Å². The van der Waals surface area contributed by atoms with Gasteiger partial charge in [-0.25, -0.2) is 9.37 Å². The lowest BCUT2D eigenvalue weighted by Crippen LogP contribution is -2.42. The van der Waals surface area contributed by atoms with Crippen LogP contribution < -0.4 is 10.2 Å². The van der Waals surface area contributed by atoms with Crippen molar-refractivity contribution in [2.24, 2.45) is 0 Å². The summed E-state index contributed by atoms with van der Waals surface area (Å²) in [7, 11) is 0. The van der Waals surface area contributed by atoms with E-state index in [4.69, 9.17) is 0 Å². The summed E-state index contributed by atoms with van der Waals surface area (Å²) in [5.74, 6) is -0.143. The molecule has 1 aromatic carbocycles. The molecule has 2 aromatic heterocycles. The van der Waals surface area contributed by atoms with Gasteiger partial charge in [0.1, 0.15) is 11.5 Å². The number of aromatic amines is 1. The van der Waals surface area contributed by atoms with Crippen LogP contribution in [0.1, 0.15) is 18.4 Å². The number of hydrogen-bond acceptors (Lipinski definition) is 3. The maximum atomic E-state index is 14.0. The minimum absolute atomic E-state index is 0.0363. The molecule has 0 radical (unpaired) electrons. The van der Waals surface area contributed by atoms with Gasteiger partial charge in [-0.05, 0) is 61.8 Å². The summed E-state index contributed by atoms with van der Waals surface area (Å²) in [4.78, 5) is 9.92. The first kappa shape index (κ1) is 14.0. The number of piperidine rings is 1. The molecule has 2 aliphatic heterocycles. The Kier molecular flexibility index (Phi) is 2.94. The molecule has 24 heavy (non-hydrogen) atoms. The summed E-state index contributed by atoms with van der Waals surface area (Å²) in [6.07, 6.45) is 5.84. The molecule has 0 saturated carbocycles. The van der Waals surface area contributed by atoms with Crippen LogP contribution >= 0.6 is 0 Å². The van der Waals surface area contributed by atoms with E-state index in [-0.39, 0.29) is 11.2 Å². The largest absolute Gasteiger partial charge is 0.346 e. The number of anilines is 2. The number of nitrogens with zero attached hydrogens (tertiary/aromatic N) is 2. The van der Waals surface area contributed by atoms with E-state index in [1.807, 2.05) is 18.5 Å². The second-order valence-corrected chi connectivity index (χ2v) is 6.85. The Bertz CT molecular complexity index is 911. The van der Waals surface area contributed by atoms with Crippen LogP contribution in [-0.2, 0) is 5.41 Å². The third kappa shape index (κ3) is 1.91. The van der Waals surface area contributed by atoms with Crippen molar-refractivity contribution in [3.8, 4) is 0 Å². The number of hydrogen-bond donors (Lipinski definition) is 2. The molecular formula is C19H19FN4. The molecule has 0 amide bonds. The van der Waals surface area contributed by atoms with Gasteiger partial charge in [0, 0.05) is 35.4 Å². The zero-order valence-electron chi connectivity index (χ0n) is 13.3. The smallest absolute Gasteiger partial charge is 0.139 e. The van der Waals surface area contributed by atoms with Crippen molar-refractivity contribution in [2.75, 3.05) is 24.5 Å². The summed E-state index contributed by atoms with van der Waals surface area (Å²) in [6, 6.07) is 9.37. The van der Waals surface area contributed by atoms with Gasteiger partial charge >= 0.3 is 0 Å². The highest BCUT2D eigenvalue weighted by Crippen LogP contribution is 2.49. The van der Waals surface area contributed by atoms with Gasteiger partial charge in [-0.2, -0.15) is 0 Å². The number of benzene rings is 1. The van der Waals surface area contributed by atoms with E-state index in [1.165, 1.54) is 0 Å². The highest BCUT2D eigenvalue weighted by Gasteiger charge is 2.44. The standard InChI is InChI=1S/C19H19FN4/c20-13-1-2-17-15(11-13)19(5-9-21-10-6-19)12-24(17)16-4-8-23-18-14(16)3-7-22-18/h1-4,7-8,11,21H,5-6,9-10,12H2,(H,22,23). The van der Waals surface area contributed by atoms with Crippen molar-refractivity contribution in [1.29, 1.82) is 0 Å². The van der Waals surface area contributed by atoms with Crippen LogP contribution in [0, 0.1) is 5.82 Å². The predicted molar refractivity (Wildman–Crippen MR) is 93.3 cm³/mol. The van der Waals surface area contributed by atoms with Gasteiger partial charge in [0.25, 0.3) is 0 Å². The Morgan fingerprint density at radius 2 is 1.96 bits per heavy atom. The summed E-state index contributed by atoms with van der Waals surface area (Å²) >= 11 is 0. The molecule has 1 spiro atoms. The summed E-state index contributed by atoms with van der Waals surface area (Å²) in [5, 5.41) is 4.54. The van der Waals surface area contributed by atoms with E-state index in [1.54, 1.807) is 12.1 Å². The molecule has 0 unspecified atom stereocenters. The highest BCUT2D eigenvalue weighted by atomic mass is 19.1. The fraction of sp³-hybridized carbons (Fsp3) is 0.316. The number of aromatic nitrogens is 2. The molecule has 0 bridgehead atoms. The highest BCUT2D eigenvalue weighted by molar-refractivity contribution is 5.93. The fourth-order valence-corrected chi connectivity index (χ4v) is 4.37. The number of fused-ring (bicyclic) bond motifs is 3. The second-order valence-electron chi connectivity index (χ2n) is 6.85. The van der Waals surface area contributed by atoms with E-state index in [0.717, 1.165) is 60.4 Å². The third-order valence-electron chi connectivity index (χ3n) is 5.57. The van der Waals surface area contributed by atoms with E-state index >= 15 is 0 Å². The molecule has 1 fully saturated rings. The Morgan fingerprint density at radius 3 is 2.83 bits per heavy atom. The zero-order valence-corrected chi connectivity index (χ0v) is 13.3. The summed E-state index contributed by atoms with van der Waals surface area (Å²) < 4.78 is 14.0. The van der Waals surface area contributed by atoms with Crippen molar-refractivity contribution in [3.05, 3.63) is 54.1 Å². The molecule has 2 aliphatic rings. The second kappa shape index (κ2) is 5.05. The summed E-state index contributed by atoms with van der Waals surface area (Å²) in [5.41, 5.74) is 4.36. The van der Waals surface area contributed by atoms with Crippen LogP contribution in [0.25, 0.3) is 11.0 Å². The first-order valence-electron chi connectivity index (χ1n) is 8.47. The van der Waals surface area contributed by atoms with Crippen LogP contribution in [0.2, 0.25) is 0 Å². The molecule has 122 valence electrons. The Hall–Kier alpha value is -2.40. The molecule has 4 nitrogen and oxygen atoms in total. The molecule has 5 heteroatoms. The van der Waals surface area contributed by atoms with Crippen LogP contribution in [0.15, 0.2) is 42.7 Å². The monoisotopic (exact) mass is 322 g/mol. The molecule has 4 heterocycles. The minimum atomic E-state index is -0.143. The Labute approximate surface area is 139 Å². The van der Waals surface area contributed by atoms with E-state index in [9.17, 15) is 4.39 Å².